The van der Waals surface area contributed by atoms with Gasteiger partial charge in [0.2, 0.25) is 0 Å². The summed E-state index contributed by atoms with van der Waals surface area (Å²) in [6, 6.07) is 12.4. The van der Waals surface area contributed by atoms with Crippen molar-refractivity contribution in [3.63, 3.8) is 0 Å². The van der Waals surface area contributed by atoms with Gasteiger partial charge in [0, 0.05) is 0 Å². The fourth-order valence-corrected chi connectivity index (χ4v) is 2.02. The van der Waals surface area contributed by atoms with E-state index in [0.29, 0.717) is 0 Å². The van der Waals surface area contributed by atoms with Gasteiger partial charge in [-0.2, -0.15) is 0 Å². The number of nitrogens with two attached hydrogens (primary N) is 1. The van der Waals surface area contributed by atoms with Gasteiger partial charge in [0.25, 0.3) is 0 Å². The van der Waals surface area contributed by atoms with Crippen LogP contribution in [-0.2, 0) is 0 Å². The minimum Gasteiger partial charge on any atom is -0.271 e. The molecule has 2 aromatic rings. The van der Waals surface area contributed by atoms with Crippen molar-refractivity contribution < 1.29 is 4.39 Å². The van der Waals surface area contributed by atoms with Crippen LogP contribution in [0.4, 0.5) is 4.39 Å². The Morgan fingerprint density at radius 3 is 2.28 bits per heavy atom. The molecule has 18 heavy (non-hydrogen) atoms. The Bertz CT molecular complexity index is 540. The summed E-state index contributed by atoms with van der Waals surface area (Å²) < 4.78 is 13.1. The van der Waals surface area contributed by atoms with Gasteiger partial charge in [-0.1, -0.05) is 47.5 Å². The Kier molecular flexibility index (Phi) is 3.97. The molecule has 0 radical (unpaired) electrons. The molecular formula is C14H14ClFN2. The van der Waals surface area contributed by atoms with Crippen molar-refractivity contribution in [2.45, 2.75) is 13.0 Å². The second-order valence-electron chi connectivity index (χ2n) is 4.18. The molecule has 2 rings (SSSR count). The molecule has 2 aromatic carbocycles. The van der Waals surface area contributed by atoms with E-state index in [0.717, 1.165) is 11.1 Å². The van der Waals surface area contributed by atoms with E-state index in [9.17, 15) is 4.39 Å². The topological polar surface area (TPSA) is 38.0 Å². The summed E-state index contributed by atoms with van der Waals surface area (Å²) in [5.41, 5.74) is 5.72. The van der Waals surface area contributed by atoms with Gasteiger partial charge in [-0.3, -0.25) is 5.84 Å². The van der Waals surface area contributed by atoms with Crippen LogP contribution in [0.1, 0.15) is 22.7 Å². The predicted octanol–water partition coefficient (Wildman–Crippen LogP) is 3.34. The molecule has 2 nitrogen and oxygen atoms in total. The summed E-state index contributed by atoms with van der Waals surface area (Å²) in [6.45, 7) is 2.02. The van der Waals surface area contributed by atoms with Crippen molar-refractivity contribution in [2.75, 3.05) is 0 Å². The van der Waals surface area contributed by atoms with Gasteiger partial charge in [0.15, 0.2) is 0 Å². The molecule has 0 fully saturated rings. The Morgan fingerprint density at radius 1 is 1.11 bits per heavy atom. The maximum Gasteiger partial charge on any atom is 0.141 e. The number of hydrogen-bond donors (Lipinski definition) is 2. The van der Waals surface area contributed by atoms with E-state index >= 15 is 0 Å². The van der Waals surface area contributed by atoms with E-state index in [-0.39, 0.29) is 11.1 Å². The Balaban J connectivity index is 2.38. The van der Waals surface area contributed by atoms with Crippen molar-refractivity contribution in [2.24, 2.45) is 5.84 Å². The average molecular weight is 265 g/mol. The third-order valence-corrected chi connectivity index (χ3v) is 3.14. The summed E-state index contributed by atoms with van der Waals surface area (Å²) in [5, 5.41) is 0.0971. The third-order valence-electron chi connectivity index (χ3n) is 2.85. The molecule has 4 heteroatoms. The Labute approximate surface area is 111 Å². The summed E-state index contributed by atoms with van der Waals surface area (Å²) in [4.78, 5) is 0. The molecule has 0 bridgehead atoms. The molecular weight excluding hydrogens is 251 g/mol. The first-order valence-electron chi connectivity index (χ1n) is 5.59. The van der Waals surface area contributed by atoms with Crippen LogP contribution in [0.25, 0.3) is 0 Å². The van der Waals surface area contributed by atoms with Gasteiger partial charge in [-0.25, -0.2) is 9.82 Å². The van der Waals surface area contributed by atoms with Gasteiger partial charge in [0.1, 0.15) is 5.82 Å². The zero-order valence-corrected chi connectivity index (χ0v) is 10.7. The van der Waals surface area contributed by atoms with Crippen LogP contribution in [0.15, 0.2) is 42.5 Å². The molecule has 94 valence electrons. The molecule has 1 unspecified atom stereocenters. The summed E-state index contributed by atoms with van der Waals surface area (Å²) in [5.74, 6) is 5.15. The summed E-state index contributed by atoms with van der Waals surface area (Å²) in [7, 11) is 0. The maximum atomic E-state index is 13.1. The second kappa shape index (κ2) is 5.48. The fraction of sp³-hybridized carbons (Fsp3) is 0.143. The molecule has 0 aliphatic carbocycles. The average Bonchev–Trinajstić information content (AvgIpc) is 2.37. The van der Waals surface area contributed by atoms with E-state index in [4.69, 9.17) is 17.4 Å². The SMILES string of the molecule is Cc1ccc(C(NN)c2ccc(F)c(Cl)c2)cc1. The van der Waals surface area contributed by atoms with Crippen LogP contribution in [-0.4, -0.2) is 0 Å². The number of nitrogens with one attached hydrogen (secondary N) is 1. The molecule has 1 atom stereocenters. The molecule has 0 saturated heterocycles. The third kappa shape index (κ3) is 2.70. The molecule has 0 saturated carbocycles. The van der Waals surface area contributed by atoms with Crippen LogP contribution in [0.5, 0.6) is 0 Å². The van der Waals surface area contributed by atoms with E-state index in [2.05, 4.69) is 5.43 Å². The van der Waals surface area contributed by atoms with Crippen molar-refractivity contribution >= 4 is 11.6 Å². The smallest absolute Gasteiger partial charge is 0.141 e. The number of hydrazine groups is 1. The van der Waals surface area contributed by atoms with Crippen LogP contribution < -0.4 is 11.3 Å². The highest BCUT2D eigenvalue weighted by Crippen LogP contribution is 2.25. The zero-order valence-electron chi connectivity index (χ0n) is 9.95. The number of rotatable bonds is 3. The first-order chi connectivity index (χ1) is 8.61. The summed E-state index contributed by atoms with van der Waals surface area (Å²) >= 11 is 5.78. The van der Waals surface area contributed by atoms with Gasteiger partial charge < -0.3 is 0 Å². The highest BCUT2D eigenvalue weighted by Gasteiger charge is 2.13. The van der Waals surface area contributed by atoms with Crippen molar-refractivity contribution in [1.29, 1.82) is 0 Å². The van der Waals surface area contributed by atoms with Crippen LogP contribution in [0.2, 0.25) is 5.02 Å². The molecule has 0 heterocycles. The zero-order chi connectivity index (χ0) is 13.1. The molecule has 0 aliphatic rings. The van der Waals surface area contributed by atoms with Gasteiger partial charge in [0.05, 0.1) is 11.1 Å². The monoisotopic (exact) mass is 264 g/mol. The van der Waals surface area contributed by atoms with Crippen molar-refractivity contribution in [3.05, 3.63) is 70.0 Å². The number of benzene rings is 2. The Morgan fingerprint density at radius 2 is 1.72 bits per heavy atom. The lowest BCUT2D eigenvalue weighted by Gasteiger charge is -2.17. The molecule has 0 spiro atoms. The normalized spacial score (nSPS) is 12.4. The van der Waals surface area contributed by atoms with Crippen LogP contribution >= 0.6 is 11.6 Å². The minimum absolute atomic E-state index is 0.0971. The van der Waals surface area contributed by atoms with Gasteiger partial charge >= 0.3 is 0 Å². The highest BCUT2D eigenvalue weighted by atomic mass is 35.5. The van der Waals surface area contributed by atoms with Crippen molar-refractivity contribution in [3.8, 4) is 0 Å². The lowest BCUT2D eigenvalue weighted by Crippen LogP contribution is -2.28. The minimum atomic E-state index is -0.430. The van der Waals surface area contributed by atoms with Crippen LogP contribution in [0, 0.1) is 12.7 Å². The van der Waals surface area contributed by atoms with E-state index in [1.54, 1.807) is 12.1 Å². The number of aryl methyl sites for hydroxylation is 1. The van der Waals surface area contributed by atoms with E-state index in [1.807, 2.05) is 31.2 Å². The standard InChI is InChI=1S/C14H14ClFN2/c1-9-2-4-10(5-3-9)14(18-17)11-6-7-13(16)12(15)8-11/h2-8,14,18H,17H2,1H3. The summed E-state index contributed by atoms with van der Waals surface area (Å²) in [6.07, 6.45) is 0. The molecule has 3 N–H and O–H groups in total. The first-order valence-corrected chi connectivity index (χ1v) is 5.97. The lowest BCUT2D eigenvalue weighted by atomic mass is 9.98. The van der Waals surface area contributed by atoms with Crippen molar-refractivity contribution in [1.82, 2.24) is 5.43 Å². The molecule has 0 aromatic heterocycles. The lowest BCUT2D eigenvalue weighted by molar-refractivity contribution is 0.616. The quantitative estimate of drug-likeness (QED) is 0.659. The fourth-order valence-electron chi connectivity index (χ4n) is 1.84. The second-order valence-corrected chi connectivity index (χ2v) is 4.59. The van der Waals surface area contributed by atoms with E-state index < -0.39 is 5.82 Å². The van der Waals surface area contributed by atoms with Gasteiger partial charge in [-0.15, -0.1) is 0 Å². The largest absolute Gasteiger partial charge is 0.271 e. The Hall–Kier alpha value is -1.42. The van der Waals surface area contributed by atoms with E-state index in [1.165, 1.54) is 11.6 Å². The molecule has 0 aliphatic heterocycles. The predicted molar refractivity (Wildman–Crippen MR) is 71.8 cm³/mol. The van der Waals surface area contributed by atoms with Gasteiger partial charge in [-0.05, 0) is 30.2 Å². The number of halogens is 2. The first kappa shape index (κ1) is 13.0. The van der Waals surface area contributed by atoms with Crippen LogP contribution in [0.3, 0.4) is 0 Å². The maximum absolute atomic E-state index is 13.1. The highest BCUT2D eigenvalue weighted by molar-refractivity contribution is 6.30. The number of hydrogen-bond acceptors (Lipinski definition) is 2. The molecule has 0 amide bonds.